The topological polar surface area (TPSA) is 192 Å². The maximum absolute atomic E-state index is 13.8. The number of aromatic hydroxyl groups is 1. The highest BCUT2D eigenvalue weighted by Gasteiger charge is 2.48. The smallest absolute Gasteiger partial charge is 0.356 e. The molecule has 1 atom stereocenters. The van der Waals surface area contributed by atoms with Crippen LogP contribution in [0.15, 0.2) is 34.0 Å². The van der Waals surface area contributed by atoms with Gasteiger partial charge in [0.2, 0.25) is 5.60 Å². The number of hydrogen-bond acceptors (Lipinski definition) is 12. The molecule has 3 aromatic carbocycles. The number of aryl methyl sites for hydroxylation is 1. The van der Waals surface area contributed by atoms with Crippen LogP contribution in [0.25, 0.3) is 0 Å². The number of ketones is 1. The molecule has 0 saturated carbocycles. The van der Waals surface area contributed by atoms with Crippen molar-refractivity contribution in [2.75, 3.05) is 14.2 Å². The Bertz CT molecular complexity index is 2200. The van der Waals surface area contributed by atoms with E-state index < -0.39 is 41.0 Å². The van der Waals surface area contributed by atoms with Crippen LogP contribution >= 0.6 is 15.9 Å². The second kappa shape index (κ2) is 15.5. The predicted octanol–water partition coefficient (Wildman–Crippen LogP) is 6.72. The van der Waals surface area contributed by atoms with Gasteiger partial charge in [-0.15, -0.1) is 0 Å². The number of benzene rings is 3. The van der Waals surface area contributed by atoms with Crippen LogP contribution in [0, 0.1) is 48.5 Å². The summed E-state index contributed by atoms with van der Waals surface area (Å²) < 4.78 is 27.6. The van der Waals surface area contributed by atoms with E-state index in [0.29, 0.717) is 39.8 Å². The number of carbonyl (C=O) groups excluding carboxylic acids is 4. The molecule has 0 aromatic heterocycles. The fraction of sp³-hybridized carbons (Fsp3) is 0.325. The van der Waals surface area contributed by atoms with Crippen LogP contribution in [-0.2, 0) is 20.7 Å². The first-order valence-electron chi connectivity index (χ1n) is 16.6. The number of aromatic carboxylic acids is 1. The molecule has 0 fully saturated rings. The third-order valence-electron chi connectivity index (χ3n) is 9.83. The molecule has 3 N–H and O–H groups in total. The summed E-state index contributed by atoms with van der Waals surface area (Å²) in [6, 6.07) is 1.49. The monoisotopic (exact) mass is 808 g/mol. The number of esters is 3. The van der Waals surface area contributed by atoms with Gasteiger partial charge in [-0.2, -0.15) is 0 Å². The van der Waals surface area contributed by atoms with E-state index in [1.165, 1.54) is 41.1 Å². The van der Waals surface area contributed by atoms with Gasteiger partial charge in [-0.25, -0.2) is 19.2 Å². The Morgan fingerprint density at radius 2 is 1.31 bits per heavy atom. The zero-order valence-corrected chi connectivity index (χ0v) is 33.3. The highest BCUT2D eigenvalue weighted by atomic mass is 79.9. The third kappa shape index (κ3) is 6.87. The molecule has 13 nitrogen and oxygen atoms in total. The van der Waals surface area contributed by atoms with Gasteiger partial charge in [0.05, 0.1) is 19.8 Å². The number of halogens is 1. The lowest BCUT2D eigenvalue weighted by molar-refractivity contribution is -0.151. The summed E-state index contributed by atoms with van der Waals surface area (Å²) >= 11 is 3.21. The van der Waals surface area contributed by atoms with Gasteiger partial charge in [0.25, 0.3) is 0 Å². The minimum atomic E-state index is -2.44. The summed E-state index contributed by atoms with van der Waals surface area (Å²) in [5, 5.41) is 32.3. The normalized spacial score (nSPS) is 15.2. The van der Waals surface area contributed by atoms with E-state index in [-0.39, 0.29) is 66.6 Å². The zero-order valence-electron chi connectivity index (χ0n) is 31.7. The molecule has 14 heteroatoms. The second-order valence-corrected chi connectivity index (χ2v) is 13.7. The van der Waals surface area contributed by atoms with Crippen LogP contribution in [-0.4, -0.2) is 64.8 Å². The maximum atomic E-state index is 13.8. The lowest BCUT2D eigenvalue weighted by Gasteiger charge is -2.30. The van der Waals surface area contributed by atoms with Crippen molar-refractivity contribution >= 4 is 45.6 Å². The number of rotatable bonds is 10. The summed E-state index contributed by atoms with van der Waals surface area (Å²) in [6.07, 6.45) is 2.41. The molecular weight excluding hydrogens is 768 g/mol. The van der Waals surface area contributed by atoms with Crippen LogP contribution in [0.2, 0.25) is 0 Å². The number of allylic oxidation sites excluding steroid dienone is 2. The molecule has 4 rings (SSSR count). The van der Waals surface area contributed by atoms with E-state index in [1.807, 2.05) is 6.92 Å². The summed E-state index contributed by atoms with van der Waals surface area (Å²) in [5.41, 5.74) is 0.486. The number of ether oxygens (including phenoxy) is 5. The molecule has 0 radical (unpaired) electrons. The van der Waals surface area contributed by atoms with Crippen LogP contribution in [0.1, 0.15) is 89.4 Å². The van der Waals surface area contributed by atoms with E-state index in [1.54, 1.807) is 34.6 Å². The molecular formula is C40H41BrO13. The predicted molar refractivity (Wildman–Crippen MR) is 199 cm³/mol. The van der Waals surface area contributed by atoms with Crippen molar-refractivity contribution in [2.24, 2.45) is 0 Å². The van der Waals surface area contributed by atoms with Gasteiger partial charge in [-0.1, -0.05) is 6.92 Å². The average molecular weight is 810 g/mol. The quantitative estimate of drug-likeness (QED) is 0.145. The van der Waals surface area contributed by atoms with Crippen molar-refractivity contribution in [3.05, 3.63) is 95.2 Å². The molecule has 1 aliphatic rings. The summed E-state index contributed by atoms with van der Waals surface area (Å²) in [4.78, 5) is 64.9. The van der Waals surface area contributed by atoms with Gasteiger partial charge < -0.3 is 39.0 Å². The number of methoxy groups -OCH3 is 2. The molecule has 0 bridgehead atoms. The average Bonchev–Trinajstić information content (AvgIpc) is 3.10. The maximum Gasteiger partial charge on any atom is 0.356 e. The third-order valence-corrected chi connectivity index (χ3v) is 10.6. The molecule has 0 unspecified atom stereocenters. The summed E-state index contributed by atoms with van der Waals surface area (Å²) in [7, 11) is 2.53. The van der Waals surface area contributed by atoms with Crippen LogP contribution in [0.4, 0.5) is 0 Å². The van der Waals surface area contributed by atoms with Crippen molar-refractivity contribution < 1.29 is 63.0 Å². The molecule has 286 valence electrons. The first-order chi connectivity index (χ1) is 25.2. The van der Waals surface area contributed by atoms with E-state index in [4.69, 9.17) is 23.7 Å². The Hall–Kier alpha value is -5.47. The molecule has 0 saturated heterocycles. The fourth-order valence-electron chi connectivity index (χ4n) is 6.56. The van der Waals surface area contributed by atoms with E-state index in [9.17, 15) is 39.3 Å². The molecule has 0 aliphatic heterocycles. The van der Waals surface area contributed by atoms with E-state index in [0.717, 1.165) is 12.2 Å². The molecule has 0 spiro atoms. The number of phenolic OH excluding ortho intramolecular Hbond substituents is 1. The Morgan fingerprint density at radius 1 is 0.722 bits per heavy atom. The van der Waals surface area contributed by atoms with E-state index >= 15 is 0 Å². The number of carboxylic acid groups (broad SMARTS) is 1. The minimum Gasteiger partial charge on any atom is -0.506 e. The highest BCUT2D eigenvalue weighted by molar-refractivity contribution is 9.10. The molecule has 3 aromatic rings. The van der Waals surface area contributed by atoms with Crippen LogP contribution in [0.3, 0.4) is 0 Å². The first-order valence-corrected chi connectivity index (χ1v) is 17.4. The van der Waals surface area contributed by atoms with Gasteiger partial charge in [0, 0.05) is 11.6 Å². The molecule has 0 heterocycles. The number of hydrogen-bond donors (Lipinski definition) is 3. The van der Waals surface area contributed by atoms with Gasteiger partial charge in [0.1, 0.15) is 44.4 Å². The van der Waals surface area contributed by atoms with Gasteiger partial charge >= 0.3 is 23.9 Å². The Labute approximate surface area is 320 Å². The molecule has 0 amide bonds. The van der Waals surface area contributed by atoms with Crippen molar-refractivity contribution in [3.8, 4) is 28.7 Å². The van der Waals surface area contributed by atoms with Crippen molar-refractivity contribution in [2.45, 2.75) is 74.3 Å². The SMILES string of the molecule is CCc1c(C)c(C(=O)O)c(OC)c(C)c1OC(=O)c1c(C)cc(OC(=O)c2c(C)c(C)c(OC(=O)[C@@]3(O)C(C)=CC(=O)C=C3OC)c(Br)c2O)c(C)c1C. The largest absolute Gasteiger partial charge is 0.506 e. The Balaban J connectivity index is 1.68. The van der Waals surface area contributed by atoms with Crippen molar-refractivity contribution in [1.29, 1.82) is 0 Å². The van der Waals surface area contributed by atoms with Crippen LogP contribution in [0.5, 0.6) is 28.7 Å². The van der Waals surface area contributed by atoms with Gasteiger partial charge in [-0.3, -0.25) is 4.79 Å². The molecule has 1 aliphatic carbocycles. The Morgan fingerprint density at radius 3 is 1.87 bits per heavy atom. The van der Waals surface area contributed by atoms with E-state index in [2.05, 4.69) is 15.9 Å². The standard InChI is InChI=1S/C40H41BrO13/c1-12-25-22(8)30(36(44)45)34(51-11)23(9)33(25)53-37(46)28-16(2)13-26(18(4)19(28)5)52-38(47)29-20(6)21(7)35(31(41)32(29)43)54-39(48)40(49)17(3)14-24(42)15-27(40)50-10/h13-15,43,49H,12H2,1-11H3,(H,44,45)/t40-/m1/s1. The zero-order chi connectivity index (χ0) is 40.7. The van der Waals surface area contributed by atoms with Crippen molar-refractivity contribution in [3.63, 3.8) is 0 Å². The van der Waals surface area contributed by atoms with Gasteiger partial charge in [0.15, 0.2) is 11.5 Å². The fourth-order valence-corrected chi connectivity index (χ4v) is 7.13. The molecule has 54 heavy (non-hydrogen) atoms. The minimum absolute atomic E-state index is 0.0116. The highest BCUT2D eigenvalue weighted by Crippen LogP contribution is 2.44. The number of carbonyl (C=O) groups is 5. The number of aliphatic hydroxyl groups is 1. The lowest BCUT2D eigenvalue weighted by atomic mass is 9.87. The Kier molecular flexibility index (Phi) is 11.8. The second-order valence-electron chi connectivity index (χ2n) is 12.9. The summed E-state index contributed by atoms with van der Waals surface area (Å²) in [5.74, 6) is -5.33. The number of phenols is 1. The first kappa shape index (κ1) is 41.3. The summed E-state index contributed by atoms with van der Waals surface area (Å²) in [6.45, 7) is 14.4. The number of carboxylic acids is 1. The lowest BCUT2D eigenvalue weighted by Crippen LogP contribution is -2.47. The van der Waals surface area contributed by atoms with Crippen LogP contribution < -0.4 is 18.9 Å². The van der Waals surface area contributed by atoms with Gasteiger partial charge in [-0.05, 0) is 134 Å². The van der Waals surface area contributed by atoms with Crippen molar-refractivity contribution in [1.82, 2.24) is 0 Å².